The smallest absolute Gasteiger partial charge is 0.0642 e. The van der Waals surface area contributed by atoms with Crippen LogP contribution < -0.4 is 5.73 Å². The maximum absolute atomic E-state index is 6.28. The van der Waals surface area contributed by atoms with E-state index in [4.69, 9.17) is 15.2 Å². The predicted octanol–water partition coefficient (Wildman–Crippen LogP) is 2.73. The van der Waals surface area contributed by atoms with Crippen LogP contribution in [0.1, 0.15) is 51.9 Å². The molecular formula is C14H29NO2. The second kappa shape index (κ2) is 8.06. The van der Waals surface area contributed by atoms with Crippen molar-refractivity contribution in [3.63, 3.8) is 0 Å². The zero-order valence-electron chi connectivity index (χ0n) is 11.5. The topological polar surface area (TPSA) is 44.5 Å². The molecule has 1 atom stereocenters. The summed E-state index contributed by atoms with van der Waals surface area (Å²) in [4.78, 5) is 0. The second-order valence-electron chi connectivity index (χ2n) is 5.45. The lowest BCUT2D eigenvalue weighted by Crippen LogP contribution is -2.43. The molecular weight excluding hydrogens is 214 g/mol. The van der Waals surface area contributed by atoms with Crippen LogP contribution in [-0.2, 0) is 9.47 Å². The van der Waals surface area contributed by atoms with Crippen LogP contribution in [0.15, 0.2) is 0 Å². The van der Waals surface area contributed by atoms with E-state index in [9.17, 15) is 0 Å². The van der Waals surface area contributed by atoms with Gasteiger partial charge in [0.2, 0.25) is 0 Å². The molecule has 1 saturated heterocycles. The number of rotatable bonds is 8. The fourth-order valence-electron chi connectivity index (χ4n) is 2.58. The molecule has 0 bridgehead atoms. The molecule has 0 aliphatic carbocycles. The van der Waals surface area contributed by atoms with Crippen LogP contribution >= 0.6 is 0 Å². The van der Waals surface area contributed by atoms with Crippen molar-refractivity contribution in [2.75, 3.05) is 26.9 Å². The molecule has 0 aromatic heterocycles. The Bertz CT molecular complexity index is 193. The number of nitrogens with two attached hydrogens (primary N) is 1. The quantitative estimate of drug-likeness (QED) is 0.667. The summed E-state index contributed by atoms with van der Waals surface area (Å²) >= 11 is 0. The first-order chi connectivity index (χ1) is 8.20. The second-order valence-corrected chi connectivity index (χ2v) is 5.45. The van der Waals surface area contributed by atoms with Gasteiger partial charge in [0, 0.05) is 25.9 Å². The molecule has 102 valence electrons. The molecule has 1 fully saturated rings. The lowest BCUT2D eigenvalue weighted by atomic mass is 9.88. The average Bonchev–Trinajstić information content (AvgIpc) is 2.36. The molecule has 3 heteroatoms. The van der Waals surface area contributed by atoms with Crippen molar-refractivity contribution in [1.82, 2.24) is 0 Å². The van der Waals surface area contributed by atoms with E-state index in [1.165, 1.54) is 32.1 Å². The Morgan fingerprint density at radius 2 is 2.00 bits per heavy atom. The summed E-state index contributed by atoms with van der Waals surface area (Å²) < 4.78 is 10.6. The summed E-state index contributed by atoms with van der Waals surface area (Å²) in [5, 5.41) is 0. The minimum absolute atomic E-state index is 0.107. The first-order valence-electron chi connectivity index (χ1n) is 7.06. The molecule has 0 aromatic carbocycles. The average molecular weight is 243 g/mol. The van der Waals surface area contributed by atoms with Gasteiger partial charge in [-0.05, 0) is 31.6 Å². The van der Waals surface area contributed by atoms with Crippen LogP contribution in [0.25, 0.3) is 0 Å². The highest BCUT2D eigenvalue weighted by Gasteiger charge is 2.22. The summed E-state index contributed by atoms with van der Waals surface area (Å²) in [5.41, 5.74) is 6.18. The van der Waals surface area contributed by atoms with E-state index in [0.29, 0.717) is 6.61 Å². The van der Waals surface area contributed by atoms with Gasteiger partial charge in [0.15, 0.2) is 0 Å². The van der Waals surface area contributed by atoms with E-state index in [1.807, 2.05) is 0 Å². The summed E-state index contributed by atoms with van der Waals surface area (Å²) in [7, 11) is 1.74. The summed E-state index contributed by atoms with van der Waals surface area (Å²) in [6, 6.07) is 0. The Morgan fingerprint density at radius 1 is 1.29 bits per heavy atom. The zero-order valence-corrected chi connectivity index (χ0v) is 11.5. The van der Waals surface area contributed by atoms with Gasteiger partial charge in [-0.1, -0.05) is 26.2 Å². The Hall–Kier alpha value is -0.120. The standard InChI is InChI=1S/C14H29NO2/c1-3-14(15,12-16-2)9-5-4-6-13-7-10-17-11-8-13/h13H,3-12,15H2,1-2H3. The summed E-state index contributed by atoms with van der Waals surface area (Å²) in [6.07, 6.45) is 8.45. The van der Waals surface area contributed by atoms with E-state index in [-0.39, 0.29) is 5.54 Å². The Morgan fingerprint density at radius 3 is 2.59 bits per heavy atom. The normalized spacial score (nSPS) is 21.4. The van der Waals surface area contributed by atoms with Gasteiger partial charge in [0.05, 0.1) is 6.61 Å². The van der Waals surface area contributed by atoms with Crippen molar-refractivity contribution in [3.05, 3.63) is 0 Å². The summed E-state index contributed by atoms with van der Waals surface area (Å²) in [5.74, 6) is 0.889. The van der Waals surface area contributed by atoms with Crippen LogP contribution in [0.3, 0.4) is 0 Å². The van der Waals surface area contributed by atoms with Gasteiger partial charge in [0.1, 0.15) is 0 Å². The van der Waals surface area contributed by atoms with Crippen molar-refractivity contribution in [2.45, 2.75) is 57.4 Å². The van der Waals surface area contributed by atoms with Crippen LogP contribution in [0, 0.1) is 5.92 Å². The first kappa shape index (κ1) is 14.9. The van der Waals surface area contributed by atoms with Gasteiger partial charge < -0.3 is 15.2 Å². The predicted molar refractivity (Wildman–Crippen MR) is 71.1 cm³/mol. The molecule has 0 aromatic rings. The molecule has 0 amide bonds. The summed E-state index contributed by atoms with van der Waals surface area (Å²) in [6.45, 7) is 4.76. The third kappa shape index (κ3) is 5.84. The lowest BCUT2D eigenvalue weighted by molar-refractivity contribution is 0.0626. The van der Waals surface area contributed by atoms with Gasteiger partial charge in [0.25, 0.3) is 0 Å². The SMILES string of the molecule is CCC(N)(CCCCC1CCOCC1)COC. The maximum atomic E-state index is 6.28. The van der Waals surface area contributed by atoms with Gasteiger partial charge in [-0.3, -0.25) is 0 Å². The van der Waals surface area contributed by atoms with Crippen LogP contribution in [0.2, 0.25) is 0 Å². The largest absolute Gasteiger partial charge is 0.383 e. The molecule has 3 nitrogen and oxygen atoms in total. The van der Waals surface area contributed by atoms with E-state index >= 15 is 0 Å². The molecule has 1 aliphatic heterocycles. The molecule has 0 spiro atoms. The van der Waals surface area contributed by atoms with Crippen molar-refractivity contribution < 1.29 is 9.47 Å². The Kier molecular flexibility index (Phi) is 7.09. The highest BCUT2D eigenvalue weighted by molar-refractivity contribution is 4.82. The van der Waals surface area contributed by atoms with Gasteiger partial charge in [-0.2, -0.15) is 0 Å². The minimum atomic E-state index is -0.107. The van der Waals surface area contributed by atoms with Crippen LogP contribution in [-0.4, -0.2) is 32.5 Å². The fourth-order valence-corrected chi connectivity index (χ4v) is 2.58. The van der Waals surface area contributed by atoms with E-state index in [0.717, 1.165) is 32.0 Å². The van der Waals surface area contributed by atoms with Crippen LogP contribution in [0.5, 0.6) is 0 Å². The highest BCUT2D eigenvalue weighted by atomic mass is 16.5. The van der Waals surface area contributed by atoms with Crippen molar-refractivity contribution in [2.24, 2.45) is 11.7 Å². The monoisotopic (exact) mass is 243 g/mol. The van der Waals surface area contributed by atoms with Crippen molar-refractivity contribution in [1.29, 1.82) is 0 Å². The number of ether oxygens (including phenoxy) is 2. The third-order valence-electron chi connectivity index (χ3n) is 4.01. The molecule has 0 saturated carbocycles. The van der Waals surface area contributed by atoms with Crippen molar-refractivity contribution in [3.8, 4) is 0 Å². The highest BCUT2D eigenvalue weighted by Crippen LogP contribution is 2.23. The first-order valence-corrected chi connectivity index (χ1v) is 7.06. The fraction of sp³-hybridized carbons (Fsp3) is 1.00. The molecule has 0 radical (unpaired) electrons. The number of methoxy groups -OCH3 is 1. The molecule has 1 rings (SSSR count). The Labute approximate surface area is 106 Å². The number of hydrogen-bond acceptors (Lipinski definition) is 3. The number of unbranched alkanes of at least 4 members (excludes halogenated alkanes) is 1. The molecule has 1 unspecified atom stereocenters. The maximum Gasteiger partial charge on any atom is 0.0642 e. The molecule has 17 heavy (non-hydrogen) atoms. The minimum Gasteiger partial charge on any atom is -0.383 e. The van der Waals surface area contributed by atoms with Gasteiger partial charge >= 0.3 is 0 Å². The number of hydrogen-bond donors (Lipinski definition) is 1. The molecule has 1 heterocycles. The van der Waals surface area contributed by atoms with Gasteiger partial charge in [-0.15, -0.1) is 0 Å². The van der Waals surface area contributed by atoms with E-state index < -0.39 is 0 Å². The third-order valence-corrected chi connectivity index (χ3v) is 4.01. The van der Waals surface area contributed by atoms with Crippen LogP contribution in [0.4, 0.5) is 0 Å². The lowest BCUT2D eigenvalue weighted by Gasteiger charge is -2.28. The molecule has 1 aliphatic rings. The van der Waals surface area contributed by atoms with E-state index in [1.54, 1.807) is 7.11 Å². The zero-order chi connectivity index (χ0) is 12.6. The van der Waals surface area contributed by atoms with Gasteiger partial charge in [-0.25, -0.2) is 0 Å². The Balaban J connectivity index is 2.09. The molecule has 2 N–H and O–H groups in total. The van der Waals surface area contributed by atoms with E-state index in [2.05, 4.69) is 6.92 Å². The van der Waals surface area contributed by atoms with Crippen molar-refractivity contribution >= 4 is 0 Å².